The Morgan fingerprint density at radius 2 is 1.09 bits per heavy atom. The van der Waals surface area contributed by atoms with E-state index >= 15 is 0 Å². The maximum Gasteiger partial charge on any atom is 0.0844 e. The molecule has 0 saturated carbocycles. The largest absolute Gasteiger partial charge is 0.110 e. The normalized spacial score (nSPS) is 35.4. The van der Waals surface area contributed by atoms with Crippen LogP contribution in [0.5, 0.6) is 0 Å². The van der Waals surface area contributed by atoms with Gasteiger partial charge in [-0.1, -0.05) is 24.3 Å². The van der Waals surface area contributed by atoms with Crippen LogP contribution in [0, 0.1) is 0 Å². The van der Waals surface area contributed by atoms with Crippen molar-refractivity contribution in [2.75, 3.05) is 0 Å². The van der Waals surface area contributed by atoms with Gasteiger partial charge in [-0.25, -0.2) is 0 Å². The summed E-state index contributed by atoms with van der Waals surface area (Å²) in [6.45, 7) is 0. The van der Waals surface area contributed by atoms with Crippen molar-refractivity contribution in [3.8, 4) is 0 Å². The molecule has 0 aliphatic heterocycles. The fourth-order valence-electron chi connectivity index (χ4n) is 4.67. The second-order valence-electron chi connectivity index (χ2n) is 7.31. The first-order chi connectivity index (χ1) is 10.6. The Morgan fingerprint density at radius 3 is 1.52 bits per heavy atom. The van der Waals surface area contributed by atoms with Gasteiger partial charge in [0.05, 0.1) is 9.75 Å². The number of halogens is 2. The molecule has 4 rings (SSSR count). The van der Waals surface area contributed by atoms with Crippen LogP contribution < -0.4 is 0 Å². The summed E-state index contributed by atoms with van der Waals surface area (Å²) in [6.07, 6.45) is 20.9. The van der Waals surface area contributed by atoms with Gasteiger partial charge < -0.3 is 0 Å². The van der Waals surface area contributed by atoms with E-state index in [2.05, 4.69) is 24.3 Å². The van der Waals surface area contributed by atoms with E-state index in [1.807, 2.05) is 0 Å². The molecule has 4 aliphatic carbocycles. The Balaban J connectivity index is 0.00000156. The van der Waals surface area contributed by atoms with Crippen molar-refractivity contribution in [1.82, 2.24) is 0 Å². The molecule has 0 heterocycles. The van der Waals surface area contributed by atoms with Gasteiger partial charge in [-0.2, -0.15) is 0 Å². The van der Waals surface area contributed by atoms with Gasteiger partial charge >= 0.3 is 0 Å². The third kappa shape index (κ3) is 3.28. The van der Waals surface area contributed by atoms with Crippen molar-refractivity contribution in [2.24, 2.45) is 0 Å². The summed E-state index contributed by atoms with van der Waals surface area (Å²) in [5.41, 5.74) is 5.98. The van der Waals surface area contributed by atoms with E-state index in [0.717, 1.165) is 12.8 Å². The molecule has 0 amide bonds. The van der Waals surface area contributed by atoms with Gasteiger partial charge in [0, 0.05) is 26.2 Å². The summed E-state index contributed by atoms with van der Waals surface area (Å²) in [6, 6.07) is 0. The summed E-state index contributed by atoms with van der Waals surface area (Å²) in [5.74, 6) is 0. The molecule has 0 radical (unpaired) electrons. The van der Waals surface area contributed by atoms with Gasteiger partial charge in [-0.05, 0) is 86.5 Å². The summed E-state index contributed by atoms with van der Waals surface area (Å²) in [4.78, 5) is -0.521. The van der Waals surface area contributed by atoms with Crippen LogP contribution in [0.25, 0.3) is 0 Å². The third-order valence-corrected chi connectivity index (χ3v) is 7.06. The van der Waals surface area contributed by atoms with Gasteiger partial charge in [0.15, 0.2) is 0 Å². The standard InChI is InChI=1S/C20H24Cl2.Zr/c21-19(11-9-15-5-1-3-7-17(15)19)13-14-20(22)12-10-16-6-2-4-8-18(16)20;/h9-12H,1-8,13-14H2;. The Kier molecular flexibility index (Phi) is 5.52. The average molecular weight is 427 g/mol. The minimum Gasteiger partial charge on any atom is -0.110 e. The van der Waals surface area contributed by atoms with Crippen LogP contribution in [-0.2, 0) is 26.2 Å². The monoisotopic (exact) mass is 424 g/mol. The molecule has 2 atom stereocenters. The molecule has 2 unspecified atom stereocenters. The Labute approximate surface area is 169 Å². The number of allylic oxidation sites excluding steroid dienone is 8. The molecule has 0 aromatic rings. The molecule has 0 saturated heterocycles. The molecule has 0 aromatic heterocycles. The molecule has 0 N–H and O–H groups in total. The molecule has 0 nitrogen and oxygen atoms in total. The van der Waals surface area contributed by atoms with Gasteiger partial charge in [0.25, 0.3) is 0 Å². The smallest absolute Gasteiger partial charge is 0.0844 e. The first kappa shape index (κ1) is 18.2. The maximum atomic E-state index is 7.02. The zero-order valence-corrected chi connectivity index (χ0v) is 17.6. The van der Waals surface area contributed by atoms with E-state index in [1.54, 1.807) is 0 Å². The second-order valence-corrected chi connectivity index (χ2v) is 8.66. The number of hydrogen-bond acceptors (Lipinski definition) is 0. The van der Waals surface area contributed by atoms with Crippen molar-refractivity contribution in [2.45, 2.75) is 74.0 Å². The van der Waals surface area contributed by atoms with E-state index in [4.69, 9.17) is 23.2 Å². The Hall–Kier alpha value is 0.423. The molecular formula is C20H24Cl2Zr. The number of alkyl halides is 2. The Morgan fingerprint density at radius 1 is 0.696 bits per heavy atom. The van der Waals surface area contributed by atoms with Gasteiger partial charge in [0.1, 0.15) is 0 Å². The predicted octanol–water partition coefficient (Wildman–Crippen LogP) is 6.60. The van der Waals surface area contributed by atoms with Gasteiger partial charge in [-0.3, -0.25) is 0 Å². The van der Waals surface area contributed by atoms with Crippen molar-refractivity contribution in [3.05, 3.63) is 46.6 Å². The van der Waals surface area contributed by atoms with Crippen LogP contribution in [0.3, 0.4) is 0 Å². The van der Waals surface area contributed by atoms with Crippen molar-refractivity contribution >= 4 is 23.2 Å². The van der Waals surface area contributed by atoms with E-state index in [9.17, 15) is 0 Å². The average Bonchev–Trinajstić information content (AvgIpc) is 3.07. The minimum absolute atomic E-state index is 0. The van der Waals surface area contributed by atoms with Gasteiger partial charge in [0.2, 0.25) is 0 Å². The summed E-state index contributed by atoms with van der Waals surface area (Å²) in [5, 5.41) is 0. The number of hydrogen-bond donors (Lipinski definition) is 0. The molecular weight excluding hydrogens is 402 g/mol. The van der Waals surface area contributed by atoms with Crippen LogP contribution in [0.15, 0.2) is 46.6 Å². The second kappa shape index (κ2) is 6.97. The van der Waals surface area contributed by atoms with E-state index in [0.29, 0.717) is 0 Å². The molecule has 0 spiro atoms. The molecule has 0 bridgehead atoms. The molecule has 122 valence electrons. The number of rotatable bonds is 3. The van der Waals surface area contributed by atoms with Crippen molar-refractivity contribution < 1.29 is 26.2 Å². The van der Waals surface area contributed by atoms with Crippen molar-refractivity contribution in [3.63, 3.8) is 0 Å². The fraction of sp³-hybridized carbons (Fsp3) is 0.600. The summed E-state index contributed by atoms with van der Waals surface area (Å²) < 4.78 is 0. The van der Waals surface area contributed by atoms with Crippen LogP contribution in [-0.4, -0.2) is 9.75 Å². The third-order valence-electron chi connectivity index (χ3n) is 5.97. The molecule has 0 fully saturated rings. The molecule has 3 heteroatoms. The first-order valence-corrected chi connectivity index (χ1v) is 9.58. The molecule has 4 aliphatic rings. The SMILES string of the molecule is ClC1(CCC2(Cl)C=CC3=C2CCCC3)C=CC2=C1CCCC2.[Zr]. The summed E-state index contributed by atoms with van der Waals surface area (Å²) in [7, 11) is 0. The topological polar surface area (TPSA) is 0 Å². The fourth-order valence-corrected chi connectivity index (χ4v) is 5.42. The van der Waals surface area contributed by atoms with Crippen molar-refractivity contribution in [1.29, 1.82) is 0 Å². The zero-order chi connectivity index (χ0) is 15.2. The van der Waals surface area contributed by atoms with E-state index in [1.165, 1.54) is 73.7 Å². The minimum atomic E-state index is -0.260. The quantitative estimate of drug-likeness (QED) is 0.446. The predicted molar refractivity (Wildman–Crippen MR) is 95.7 cm³/mol. The maximum absolute atomic E-state index is 7.02. The van der Waals surface area contributed by atoms with Crippen LogP contribution in [0.4, 0.5) is 0 Å². The summed E-state index contributed by atoms with van der Waals surface area (Å²) >= 11 is 14.0. The first-order valence-electron chi connectivity index (χ1n) is 8.82. The Bertz CT molecular complexity index is 559. The zero-order valence-electron chi connectivity index (χ0n) is 13.6. The molecule has 23 heavy (non-hydrogen) atoms. The van der Waals surface area contributed by atoms with E-state index in [-0.39, 0.29) is 36.0 Å². The molecule has 0 aromatic carbocycles. The van der Waals surface area contributed by atoms with E-state index < -0.39 is 0 Å². The van der Waals surface area contributed by atoms with Gasteiger partial charge in [-0.15, -0.1) is 23.2 Å². The van der Waals surface area contributed by atoms with Crippen LogP contribution >= 0.6 is 23.2 Å². The van der Waals surface area contributed by atoms with Crippen LogP contribution in [0.2, 0.25) is 0 Å². The van der Waals surface area contributed by atoms with Crippen LogP contribution in [0.1, 0.15) is 64.2 Å².